The lowest BCUT2D eigenvalue weighted by atomic mass is 10.0. The lowest BCUT2D eigenvalue weighted by molar-refractivity contribution is 0.404. The van der Waals surface area contributed by atoms with Gasteiger partial charge in [0.05, 0.1) is 37.0 Å². The minimum atomic E-state index is 0.758. The number of unbranched alkanes of at least 4 members (excludes halogenated alkanes) is 8. The fourth-order valence-corrected chi connectivity index (χ4v) is 6.88. The molecule has 48 heavy (non-hydrogen) atoms. The molecule has 0 radical (unpaired) electrons. The zero-order valence-electron chi connectivity index (χ0n) is 29.1. The zero-order valence-corrected chi connectivity index (χ0v) is 29.1. The second-order valence-electron chi connectivity index (χ2n) is 13.0. The molecule has 6 nitrogen and oxygen atoms in total. The average Bonchev–Trinajstić information content (AvgIpc) is 3.94. The van der Waals surface area contributed by atoms with Crippen LogP contribution in [0.15, 0.2) is 48.5 Å². The Kier molecular flexibility index (Phi) is 11.1. The Morgan fingerprint density at radius 1 is 0.542 bits per heavy atom. The topological polar surface area (TPSA) is 75.8 Å². The zero-order chi connectivity index (χ0) is 33.3. The molecule has 6 heteroatoms. The largest absolute Gasteiger partial charge is 0.497 e. The van der Waals surface area contributed by atoms with E-state index in [9.17, 15) is 0 Å². The van der Waals surface area contributed by atoms with E-state index in [4.69, 9.17) is 19.4 Å². The Hall–Kier alpha value is -4.58. The van der Waals surface area contributed by atoms with Gasteiger partial charge >= 0.3 is 0 Å². The van der Waals surface area contributed by atoms with Crippen LogP contribution >= 0.6 is 0 Å². The summed E-state index contributed by atoms with van der Waals surface area (Å²) in [6.07, 6.45) is 22.8. The van der Waals surface area contributed by atoms with Gasteiger partial charge in [0.25, 0.3) is 0 Å². The van der Waals surface area contributed by atoms with Crippen LogP contribution in [0.4, 0.5) is 0 Å². The molecule has 2 aliphatic heterocycles. The summed E-state index contributed by atoms with van der Waals surface area (Å²) in [5.41, 5.74) is 12.4. The number of hydrogen-bond donors (Lipinski definition) is 2. The second kappa shape index (κ2) is 16.0. The molecule has 8 bridgehead atoms. The third-order valence-electron chi connectivity index (χ3n) is 9.53. The van der Waals surface area contributed by atoms with Gasteiger partial charge in [-0.1, -0.05) is 65.2 Å². The van der Waals surface area contributed by atoms with E-state index >= 15 is 0 Å². The van der Waals surface area contributed by atoms with Crippen LogP contribution in [0.1, 0.15) is 112 Å². The van der Waals surface area contributed by atoms with E-state index in [1.54, 1.807) is 14.2 Å². The van der Waals surface area contributed by atoms with Crippen molar-refractivity contribution in [1.82, 2.24) is 19.9 Å². The Bertz CT molecular complexity index is 1840. The van der Waals surface area contributed by atoms with Gasteiger partial charge < -0.3 is 19.4 Å². The van der Waals surface area contributed by atoms with E-state index in [2.05, 4.69) is 78.5 Å². The molecule has 6 rings (SSSR count). The lowest BCUT2D eigenvalue weighted by Crippen LogP contribution is -1.96. The summed E-state index contributed by atoms with van der Waals surface area (Å²) in [6, 6.07) is 16.9. The average molecular weight is 643 g/mol. The van der Waals surface area contributed by atoms with Crippen molar-refractivity contribution in [2.45, 2.75) is 90.9 Å². The molecule has 0 saturated carbocycles. The molecule has 0 unspecified atom stereocenters. The van der Waals surface area contributed by atoms with Crippen molar-refractivity contribution in [3.8, 4) is 22.6 Å². The third kappa shape index (κ3) is 7.59. The quantitative estimate of drug-likeness (QED) is 0.109. The van der Waals surface area contributed by atoms with Crippen LogP contribution in [-0.2, 0) is 12.8 Å². The standard InChI is InChI=1S/C42H50N4O2/c1-5-7-9-11-13-15-32-35-20-17-29(43-35)27-30-18-21-36(44-30)33(16-14-12-10-8-6-2)38-23-25-40(46-38)42(39-24-22-37(32)45-39)34-28-31(47-3)19-26-41(34)48-4/h17-28,43-44H,5-16H2,1-4H3. The predicted molar refractivity (Wildman–Crippen MR) is 202 cm³/mol. The summed E-state index contributed by atoms with van der Waals surface area (Å²) < 4.78 is 11.6. The van der Waals surface area contributed by atoms with Crippen LogP contribution in [0.25, 0.3) is 57.5 Å². The molecule has 1 aromatic carbocycles. The highest BCUT2D eigenvalue weighted by molar-refractivity contribution is 5.92. The van der Waals surface area contributed by atoms with Crippen molar-refractivity contribution in [2.75, 3.05) is 14.2 Å². The van der Waals surface area contributed by atoms with Gasteiger partial charge in [0, 0.05) is 44.3 Å². The first-order valence-corrected chi connectivity index (χ1v) is 17.9. The van der Waals surface area contributed by atoms with E-state index < -0.39 is 0 Å². The molecule has 0 fully saturated rings. The summed E-state index contributed by atoms with van der Waals surface area (Å²) in [5.74, 6) is 1.52. The van der Waals surface area contributed by atoms with Crippen molar-refractivity contribution in [1.29, 1.82) is 0 Å². The van der Waals surface area contributed by atoms with Crippen LogP contribution in [0.2, 0.25) is 0 Å². The van der Waals surface area contributed by atoms with Gasteiger partial charge in [-0.15, -0.1) is 0 Å². The highest BCUT2D eigenvalue weighted by atomic mass is 16.5. The fraction of sp³-hybridized carbons (Fsp3) is 0.381. The summed E-state index contributed by atoms with van der Waals surface area (Å²) >= 11 is 0. The monoisotopic (exact) mass is 642 g/mol. The van der Waals surface area contributed by atoms with Crippen LogP contribution < -0.4 is 9.47 Å². The Labute approximate surface area is 285 Å². The minimum absolute atomic E-state index is 0.758. The number of hydrogen-bond acceptors (Lipinski definition) is 4. The van der Waals surface area contributed by atoms with Gasteiger partial charge in [-0.2, -0.15) is 0 Å². The number of ether oxygens (including phenoxy) is 2. The first kappa shape index (κ1) is 33.3. The van der Waals surface area contributed by atoms with Crippen LogP contribution in [0.5, 0.6) is 11.5 Å². The second-order valence-corrected chi connectivity index (χ2v) is 13.0. The Morgan fingerprint density at radius 3 is 1.56 bits per heavy atom. The van der Waals surface area contributed by atoms with Crippen LogP contribution in [0, 0.1) is 0 Å². The summed E-state index contributed by atoms with van der Waals surface area (Å²) in [6.45, 7) is 4.53. The molecular weight excluding hydrogens is 592 g/mol. The summed E-state index contributed by atoms with van der Waals surface area (Å²) in [4.78, 5) is 18.1. The molecule has 0 saturated heterocycles. The maximum Gasteiger partial charge on any atom is 0.127 e. The number of aromatic amines is 2. The number of fused-ring (bicyclic) bond motifs is 8. The van der Waals surface area contributed by atoms with E-state index in [1.165, 1.54) is 62.5 Å². The fourth-order valence-electron chi connectivity index (χ4n) is 6.88. The molecule has 2 aliphatic rings. The Balaban J connectivity index is 1.62. The van der Waals surface area contributed by atoms with Crippen molar-refractivity contribution >= 4 is 46.4 Å². The molecular formula is C42H50N4O2. The highest BCUT2D eigenvalue weighted by Gasteiger charge is 2.20. The molecule has 0 aliphatic carbocycles. The lowest BCUT2D eigenvalue weighted by Gasteiger charge is -2.12. The third-order valence-corrected chi connectivity index (χ3v) is 9.53. The molecule has 3 aromatic heterocycles. The molecule has 0 atom stereocenters. The van der Waals surface area contributed by atoms with Crippen LogP contribution in [-0.4, -0.2) is 34.2 Å². The van der Waals surface area contributed by atoms with Crippen molar-refractivity contribution < 1.29 is 9.47 Å². The number of aromatic nitrogens is 4. The van der Waals surface area contributed by atoms with Crippen LogP contribution in [0.3, 0.4) is 0 Å². The van der Waals surface area contributed by atoms with Gasteiger partial charge in [-0.3, -0.25) is 0 Å². The van der Waals surface area contributed by atoms with Crippen molar-refractivity contribution in [3.05, 3.63) is 82.4 Å². The Morgan fingerprint density at radius 2 is 1.06 bits per heavy atom. The van der Waals surface area contributed by atoms with Gasteiger partial charge in [0.1, 0.15) is 11.5 Å². The number of nitrogens with zero attached hydrogens (tertiary/aromatic N) is 2. The maximum atomic E-state index is 5.93. The number of nitrogens with one attached hydrogen (secondary N) is 2. The number of benzene rings is 1. The SMILES string of the molecule is CCCCCCCc1c2nc(c(-c3cc(OC)ccc3OC)c3nc(c(CCCCCCC)c4ccc(cc5ccc1[nH]5)[nH]4)C=C3)C=C2. The smallest absolute Gasteiger partial charge is 0.127 e. The molecule has 250 valence electrons. The van der Waals surface area contributed by atoms with E-state index in [0.29, 0.717) is 0 Å². The van der Waals surface area contributed by atoms with Crippen molar-refractivity contribution in [3.63, 3.8) is 0 Å². The van der Waals surface area contributed by atoms with E-state index in [0.717, 1.165) is 93.2 Å². The number of methoxy groups -OCH3 is 2. The first-order chi connectivity index (χ1) is 23.6. The molecule has 4 aromatic rings. The maximum absolute atomic E-state index is 5.93. The first-order valence-electron chi connectivity index (χ1n) is 17.9. The number of H-pyrrole nitrogens is 2. The number of aryl methyl sites for hydroxylation is 2. The summed E-state index contributed by atoms with van der Waals surface area (Å²) in [5, 5.41) is 0. The predicted octanol–water partition coefficient (Wildman–Crippen LogP) is 11.4. The van der Waals surface area contributed by atoms with E-state index in [1.807, 2.05) is 18.2 Å². The molecule has 0 spiro atoms. The summed E-state index contributed by atoms with van der Waals surface area (Å²) in [7, 11) is 3.41. The minimum Gasteiger partial charge on any atom is -0.497 e. The normalized spacial score (nSPS) is 12.2. The van der Waals surface area contributed by atoms with Gasteiger partial charge in [-0.05, 0) is 98.5 Å². The highest BCUT2D eigenvalue weighted by Crippen LogP contribution is 2.39. The molecule has 5 heterocycles. The van der Waals surface area contributed by atoms with Gasteiger partial charge in [0.2, 0.25) is 0 Å². The van der Waals surface area contributed by atoms with E-state index in [-0.39, 0.29) is 0 Å². The molecule has 2 N–H and O–H groups in total. The van der Waals surface area contributed by atoms with Crippen molar-refractivity contribution in [2.24, 2.45) is 0 Å². The van der Waals surface area contributed by atoms with Gasteiger partial charge in [-0.25, -0.2) is 9.97 Å². The molecule has 0 amide bonds. The number of rotatable bonds is 15. The van der Waals surface area contributed by atoms with Gasteiger partial charge in [0.15, 0.2) is 0 Å².